The van der Waals surface area contributed by atoms with Crippen LogP contribution in [-0.2, 0) is 16.1 Å². The summed E-state index contributed by atoms with van der Waals surface area (Å²) in [6.07, 6.45) is 3.62. The van der Waals surface area contributed by atoms with Crippen molar-refractivity contribution in [1.29, 1.82) is 0 Å². The molecule has 22 heavy (non-hydrogen) atoms. The number of carbonyl (C=O) groups is 1. The molecule has 0 bridgehead atoms. The van der Waals surface area contributed by atoms with Crippen LogP contribution in [0, 0.1) is 0 Å². The maximum Gasteiger partial charge on any atom is 0.252 e. The van der Waals surface area contributed by atoms with Crippen molar-refractivity contribution in [3.63, 3.8) is 0 Å². The fraction of sp³-hybridized carbons (Fsp3) is 0.438. The van der Waals surface area contributed by atoms with E-state index >= 15 is 0 Å². The Hall–Kier alpha value is -2.21. The van der Waals surface area contributed by atoms with Gasteiger partial charge in [-0.3, -0.25) is 9.89 Å². The first-order valence-electron chi connectivity index (χ1n) is 7.54. The average Bonchev–Trinajstić information content (AvgIpc) is 3.23. The molecule has 1 aliphatic carbocycles. The number of nitrogens with zero attached hydrogens (tertiary/aromatic N) is 2. The number of methoxy groups -OCH3 is 1. The first-order valence-corrected chi connectivity index (χ1v) is 7.54. The van der Waals surface area contributed by atoms with Gasteiger partial charge in [-0.1, -0.05) is 30.3 Å². The minimum Gasteiger partial charge on any atom is -0.368 e. The highest BCUT2D eigenvalue weighted by molar-refractivity contribution is 5.85. The molecule has 6 heteroatoms. The van der Waals surface area contributed by atoms with Gasteiger partial charge in [-0.05, 0) is 25.7 Å². The number of ether oxygens (including phenoxy) is 1. The van der Waals surface area contributed by atoms with Gasteiger partial charge in [-0.2, -0.15) is 5.10 Å². The highest BCUT2D eigenvalue weighted by Gasteiger charge is 2.41. The van der Waals surface area contributed by atoms with Crippen molar-refractivity contribution in [2.45, 2.75) is 37.8 Å². The molecule has 0 spiro atoms. The van der Waals surface area contributed by atoms with Crippen molar-refractivity contribution in [2.75, 3.05) is 7.11 Å². The first-order chi connectivity index (χ1) is 10.7. The van der Waals surface area contributed by atoms with E-state index in [0.29, 0.717) is 18.2 Å². The van der Waals surface area contributed by atoms with Gasteiger partial charge >= 0.3 is 0 Å². The quantitative estimate of drug-likeness (QED) is 0.885. The molecule has 0 unspecified atom stereocenters. The molecule has 2 N–H and O–H groups in total. The van der Waals surface area contributed by atoms with Crippen LogP contribution in [0.4, 0.5) is 0 Å². The molecule has 1 aromatic heterocycles. The van der Waals surface area contributed by atoms with Gasteiger partial charge in [0.15, 0.2) is 5.82 Å². The molecule has 1 heterocycles. The van der Waals surface area contributed by atoms with Gasteiger partial charge in [0.1, 0.15) is 11.4 Å². The number of benzene rings is 1. The molecule has 116 valence electrons. The molecular formula is C16H20N4O2. The fourth-order valence-electron chi connectivity index (χ4n) is 2.89. The smallest absolute Gasteiger partial charge is 0.252 e. The Balaban J connectivity index is 1.63. The monoisotopic (exact) mass is 300 g/mol. The second-order valence-corrected chi connectivity index (χ2v) is 5.56. The molecule has 1 aliphatic rings. The van der Waals surface area contributed by atoms with Gasteiger partial charge in [0.2, 0.25) is 0 Å². The summed E-state index contributed by atoms with van der Waals surface area (Å²) in [6, 6.07) is 9.72. The fourth-order valence-corrected chi connectivity index (χ4v) is 2.89. The normalized spacial score (nSPS) is 16.6. The third-order valence-corrected chi connectivity index (χ3v) is 4.20. The summed E-state index contributed by atoms with van der Waals surface area (Å²) < 4.78 is 5.47. The zero-order valence-electron chi connectivity index (χ0n) is 12.6. The Morgan fingerprint density at radius 3 is 2.73 bits per heavy atom. The molecule has 1 fully saturated rings. The lowest BCUT2D eigenvalue weighted by molar-refractivity contribution is -0.143. The number of H-pyrrole nitrogens is 1. The maximum atomic E-state index is 12.4. The lowest BCUT2D eigenvalue weighted by atomic mass is 10.0. The van der Waals surface area contributed by atoms with E-state index in [9.17, 15) is 4.79 Å². The summed E-state index contributed by atoms with van der Waals surface area (Å²) in [7, 11) is 1.60. The number of aromatic nitrogens is 3. The van der Waals surface area contributed by atoms with E-state index in [1.54, 1.807) is 7.11 Å². The predicted molar refractivity (Wildman–Crippen MR) is 81.9 cm³/mol. The van der Waals surface area contributed by atoms with Crippen molar-refractivity contribution >= 4 is 5.91 Å². The molecule has 6 nitrogen and oxygen atoms in total. The van der Waals surface area contributed by atoms with Crippen LogP contribution < -0.4 is 5.32 Å². The van der Waals surface area contributed by atoms with Crippen molar-refractivity contribution in [2.24, 2.45) is 0 Å². The molecule has 1 saturated carbocycles. The summed E-state index contributed by atoms with van der Waals surface area (Å²) in [5.74, 6) is 1.20. The number of rotatable bonds is 5. The minimum atomic E-state index is -0.664. The zero-order chi connectivity index (χ0) is 15.4. The van der Waals surface area contributed by atoms with E-state index in [1.165, 1.54) is 0 Å². The third kappa shape index (κ3) is 2.87. The Bertz CT molecular complexity index is 633. The Labute approximate surface area is 129 Å². The second-order valence-electron chi connectivity index (χ2n) is 5.56. The molecule has 3 rings (SSSR count). The number of carbonyl (C=O) groups excluding carboxylic acids is 1. The second kappa shape index (κ2) is 6.27. The van der Waals surface area contributed by atoms with Crippen LogP contribution >= 0.6 is 0 Å². The van der Waals surface area contributed by atoms with Crippen LogP contribution in [0.1, 0.15) is 31.5 Å². The summed E-state index contributed by atoms with van der Waals surface area (Å²) in [5.41, 5.74) is 0.280. The van der Waals surface area contributed by atoms with Crippen molar-refractivity contribution in [3.8, 4) is 11.4 Å². The lowest BCUT2D eigenvalue weighted by Gasteiger charge is -2.25. The molecular weight excluding hydrogens is 280 g/mol. The number of nitrogens with one attached hydrogen (secondary N) is 2. The van der Waals surface area contributed by atoms with Crippen LogP contribution in [-0.4, -0.2) is 33.8 Å². The molecule has 1 aromatic carbocycles. The highest BCUT2D eigenvalue weighted by atomic mass is 16.5. The van der Waals surface area contributed by atoms with E-state index in [2.05, 4.69) is 20.5 Å². The summed E-state index contributed by atoms with van der Waals surface area (Å²) >= 11 is 0. The van der Waals surface area contributed by atoms with Crippen LogP contribution in [0.25, 0.3) is 11.4 Å². The average molecular weight is 300 g/mol. The van der Waals surface area contributed by atoms with E-state index in [1.807, 2.05) is 30.3 Å². The number of hydrogen-bond acceptors (Lipinski definition) is 4. The largest absolute Gasteiger partial charge is 0.368 e. The summed E-state index contributed by atoms with van der Waals surface area (Å²) in [6.45, 7) is 0.323. The van der Waals surface area contributed by atoms with Crippen LogP contribution in [0.3, 0.4) is 0 Å². The molecule has 0 saturated heterocycles. The van der Waals surface area contributed by atoms with Gasteiger partial charge in [-0.15, -0.1) is 0 Å². The van der Waals surface area contributed by atoms with Gasteiger partial charge in [-0.25, -0.2) is 4.98 Å². The van der Waals surface area contributed by atoms with Crippen LogP contribution in [0.2, 0.25) is 0 Å². The van der Waals surface area contributed by atoms with E-state index in [4.69, 9.17) is 4.74 Å². The molecule has 1 amide bonds. The van der Waals surface area contributed by atoms with Gasteiger partial charge in [0.25, 0.3) is 5.91 Å². The SMILES string of the molecule is COC1(C(=O)NCc2nc(-c3ccccc3)n[nH]2)CCCC1. The highest BCUT2D eigenvalue weighted by Crippen LogP contribution is 2.32. The van der Waals surface area contributed by atoms with E-state index in [-0.39, 0.29) is 5.91 Å². The third-order valence-electron chi connectivity index (χ3n) is 4.20. The Morgan fingerprint density at radius 2 is 2.05 bits per heavy atom. The first kappa shape index (κ1) is 14.7. The molecule has 2 aromatic rings. The van der Waals surface area contributed by atoms with Gasteiger partial charge in [0, 0.05) is 12.7 Å². The zero-order valence-corrected chi connectivity index (χ0v) is 12.6. The van der Waals surface area contributed by atoms with Crippen LogP contribution in [0.15, 0.2) is 30.3 Å². The summed E-state index contributed by atoms with van der Waals surface area (Å²) in [4.78, 5) is 16.8. The Kier molecular flexibility index (Phi) is 4.20. The maximum absolute atomic E-state index is 12.4. The predicted octanol–water partition coefficient (Wildman–Crippen LogP) is 2.05. The van der Waals surface area contributed by atoms with E-state index in [0.717, 1.165) is 31.2 Å². The number of hydrogen-bond donors (Lipinski definition) is 2. The molecule has 0 aliphatic heterocycles. The van der Waals surface area contributed by atoms with Gasteiger partial charge < -0.3 is 10.1 Å². The van der Waals surface area contributed by atoms with Crippen molar-refractivity contribution < 1.29 is 9.53 Å². The number of amides is 1. The van der Waals surface area contributed by atoms with E-state index < -0.39 is 5.60 Å². The molecule has 0 atom stereocenters. The lowest BCUT2D eigenvalue weighted by Crippen LogP contribution is -2.46. The Morgan fingerprint density at radius 1 is 1.32 bits per heavy atom. The number of aromatic amines is 1. The molecule has 0 radical (unpaired) electrons. The van der Waals surface area contributed by atoms with Crippen molar-refractivity contribution in [1.82, 2.24) is 20.5 Å². The minimum absolute atomic E-state index is 0.0647. The topological polar surface area (TPSA) is 79.9 Å². The van der Waals surface area contributed by atoms with Gasteiger partial charge in [0.05, 0.1) is 6.54 Å². The standard InChI is InChI=1S/C16H20N4O2/c1-22-16(9-5-6-10-16)15(21)17-11-13-18-14(20-19-13)12-7-3-2-4-8-12/h2-4,7-8H,5-6,9-11H2,1H3,(H,17,21)(H,18,19,20). The van der Waals surface area contributed by atoms with Crippen LogP contribution in [0.5, 0.6) is 0 Å². The summed E-state index contributed by atoms with van der Waals surface area (Å²) in [5, 5.41) is 9.94. The van der Waals surface area contributed by atoms with Crippen molar-refractivity contribution in [3.05, 3.63) is 36.2 Å².